The predicted molar refractivity (Wildman–Crippen MR) is 86.0 cm³/mol. The quantitative estimate of drug-likeness (QED) is 0.805. The molecule has 1 aromatic carbocycles. The van der Waals surface area contributed by atoms with Gasteiger partial charge in [0.15, 0.2) is 0 Å². The minimum absolute atomic E-state index is 0.313. The molecule has 1 aliphatic rings. The highest BCUT2D eigenvalue weighted by atomic mass is 32.2. The summed E-state index contributed by atoms with van der Waals surface area (Å²) in [7, 11) is -3.35. The number of hydrogen-bond donors (Lipinski definition) is 2. The largest absolute Gasteiger partial charge is 0.385 e. The average Bonchev–Trinajstić information content (AvgIpc) is 2.93. The van der Waals surface area contributed by atoms with Crippen LogP contribution in [0.25, 0.3) is 0 Å². The Balaban J connectivity index is 1.88. The van der Waals surface area contributed by atoms with Crippen LogP contribution in [0.2, 0.25) is 0 Å². The van der Waals surface area contributed by atoms with E-state index < -0.39 is 10.0 Å². The van der Waals surface area contributed by atoms with Gasteiger partial charge in [0, 0.05) is 25.3 Å². The number of sulfonamides is 1. The monoisotopic (exact) mass is 311 g/mol. The fourth-order valence-electron chi connectivity index (χ4n) is 2.65. The Morgan fingerprint density at radius 2 is 1.95 bits per heavy atom. The van der Waals surface area contributed by atoms with Gasteiger partial charge in [0.1, 0.15) is 0 Å². The Bertz CT molecular complexity index is 543. The van der Waals surface area contributed by atoms with Crippen molar-refractivity contribution >= 4 is 15.7 Å². The molecule has 1 heterocycles. The molecule has 1 aromatic rings. The Morgan fingerprint density at radius 1 is 1.24 bits per heavy atom. The van der Waals surface area contributed by atoms with Crippen molar-refractivity contribution in [2.75, 3.05) is 38.0 Å². The summed E-state index contributed by atoms with van der Waals surface area (Å²) in [6.45, 7) is 8.76. The molecule has 0 aliphatic carbocycles. The lowest BCUT2D eigenvalue weighted by Gasteiger charge is -2.14. The number of rotatable bonds is 7. The lowest BCUT2D eigenvalue weighted by Crippen LogP contribution is -2.23. The van der Waals surface area contributed by atoms with Crippen LogP contribution in [0.3, 0.4) is 0 Å². The first kappa shape index (κ1) is 16.3. The van der Waals surface area contributed by atoms with Gasteiger partial charge in [-0.2, -0.15) is 0 Å². The predicted octanol–water partition coefficient (Wildman–Crippen LogP) is 1.74. The molecule has 118 valence electrons. The van der Waals surface area contributed by atoms with Crippen molar-refractivity contribution in [1.29, 1.82) is 0 Å². The molecule has 0 saturated carbocycles. The van der Waals surface area contributed by atoms with Crippen LogP contribution in [0.1, 0.15) is 20.3 Å². The third-order valence-electron chi connectivity index (χ3n) is 3.91. The molecule has 0 bridgehead atoms. The smallest absolute Gasteiger partial charge is 0.240 e. The summed E-state index contributed by atoms with van der Waals surface area (Å²) >= 11 is 0. The van der Waals surface area contributed by atoms with E-state index in [4.69, 9.17) is 0 Å². The summed E-state index contributed by atoms with van der Waals surface area (Å²) in [5, 5.41) is 3.40. The molecule has 1 fully saturated rings. The van der Waals surface area contributed by atoms with E-state index in [1.165, 1.54) is 13.0 Å². The van der Waals surface area contributed by atoms with E-state index in [9.17, 15) is 8.42 Å². The second-order valence-corrected chi connectivity index (χ2v) is 7.22. The third-order valence-corrected chi connectivity index (χ3v) is 5.47. The molecule has 6 heteroatoms. The van der Waals surface area contributed by atoms with Gasteiger partial charge in [-0.1, -0.05) is 13.8 Å². The van der Waals surface area contributed by atoms with Crippen molar-refractivity contribution in [2.24, 2.45) is 5.92 Å². The van der Waals surface area contributed by atoms with Crippen molar-refractivity contribution in [1.82, 2.24) is 9.62 Å². The summed E-state index contributed by atoms with van der Waals surface area (Å²) in [5.74, 6) is 0.676. The van der Waals surface area contributed by atoms with Crippen LogP contribution >= 0.6 is 0 Å². The van der Waals surface area contributed by atoms with E-state index in [0.29, 0.717) is 17.4 Å². The maximum absolute atomic E-state index is 11.8. The van der Waals surface area contributed by atoms with Crippen LogP contribution in [0.5, 0.6) is 0 Å². The summed E-state index contributed by atoms with van der Waals surface area (Å²) in [6, 6.07) is 6.95. The molecular weight excluding hydrogens is 286 g/mol. The number of benzene rings is 1. The van der Waals surface area contributed by atoms with Gasteiger partial charge in [-0.15, -0.1) is 0 Å². The summed E-state index contributed by atoms with van der Waals surface area (Å²) in [6.07, 6.45) is 1.23. The van der Waals surface area contributed by atoms with Crippen molar-refractivity contribution in [3.05, 3.63) is 24.3 Å². The molecule has 5 nitrogen and oxygen atoms in total. The topological polar surface area (TPSA) is 61.4 Å². The van der Waals surface area contributed by atoms with Gasteiger partial charge in [-0.25, -0.2) is 13.1 Å². The summed E-state index contributed by atoms with van der Waals surface area (Å²) in [4.78, 5) is 2.77. The van der Waals surface area contributed by atoms with Crippen molar-refractivity contribution in [3.63, 3.8) is 0 Å². The van der Waals surface area contributed by atoms with E-state index in [1.807, 2.05) is 12.1 Å². The first-order chi connectivity index (χ1) is 10.0. The SMILES string of the molecule is CCNS(=O)(=O)c1ccc(NCC2CCN(CC)C2)cc1. The Morgan fingerprint density at radius 3 is 2.52 bits per heavy atom. The Kier molecular flexibility index (Phi) is 5.61. The molecule has 2 rings (SSSR count). The lowest BCUT2D eigenvalue weighted by molar-refractivity contribution is 0.345. The van der Waals surface area contributed by atoms with Crippen LogP contribution < -0.4 is 10.0 Å². The van der Waals surface area contributed by atoms with Crippen LogP contribution in [0.15, 0.2) is 29.2 Å². The Labute approximate surface area is 127 Å². The fraction of sp³-hybridized carbons (Fsp3) is 0.600. The molecule has 1 unspecified atom stereocenters. The van der Waals surface area contributed by atoms with Gasteiger partial charge in [-0.3, -0.25) is 0 Å². The first-order valence-electron chi connectivity index (χ1n) is 7.61. The van der Waals surface area contributed by atoms with E-state index in [2.05, 4.69) is 21.9 Å². The third kappa shape index (κ3) is 4.43. The molecule has 0 aromatic heterocycles. The van der Waals surface area contributed by atoms with E-state index in [-0.39, 0.29) is 0 Å². The summed E-state index contributed by atoms with van der Waals surface area (Å²) in [5.41, 5.74) is 0.973. The van der Waals surface area contributed by atoms with Gasteiger partial charge in [0.25, 0.3) is 0 Å². The first-order valence-corrected chi connectivity index (χ1v) is 9.09. The highest BCUT2D eigenvalue weighted by Crippen LogP contribution is 2.18. The van der Waals surface area contributed by atoms with Crippen molar-refractivity contribution < 1.29 is 8.42 Å². The number of hydrogen-bond acceptors (Lipinski definition) is 4. The van der Waals surface area contributed by atoms with E-state index in [0.717, 1.165) is 25.3 Å². The minimum atomic E-state index is -3.35. The second kappa shape index (κ2) is 7.24. The van der Waals surface area contributed by atoms with Crippen LogP contribution in [-0.4, -0.2) is 46.0 Å². The maximum Gasteiger partial charge on any atom is 0.240 e. The average molecular weight is 311 g/mol. The molecule has 21 heavy (non-hydrogen) atoms. The van der Waals surface area contributed by atoms with E-state index in [1.54, 1.807) is 19.1 Å². The lowest BCUT2D eigenvalue weighted by atomic mass is 10.1. The normalized spacial score (nSPS) is 19.8. The fourth-order valence-corrected chi connectivity index (χ4v) is 3.70. The van der Waals surface area contributed by atoms with Gasteiger partial charge in [0.05, 0.1) is 4.90 Å². The highest BCUT2D eigenvalue weighted by Gasteiger charge is 2.20. The molecular formula is C15H25N3O2S. The molecule has 0 amide bonds. The molecule has 1 aliphatic heterocycles. The maximum atomic E-state index is 11.8. The van der Waals surface area contributed by atoms with Crippen LogP contribution in [-0.2, 0) is 10.0 Å². The molecule has 0 radical (unpaired) electrons. The zero-order valence-corrected chi connectivity index (χ0v) is 13.6. The van der Waals surface area contributed by atoms with Gasteiger partial charge in [-0.05, 0) is 49.7 Å². The van der Waals surface area contributed by atoms with Gasteiger partial charge < -0.3 is 10.2 Å². The highest BCUT2D eigenvalue weighted by molar-refractivity contribution is 7.89. The molecule has 2 N–H and O–H groups in total. The molecule has 1 atom stereocenters. The molecule has 0 spiro atoms. The number of likely N-dealkylation sites (tertiary alicyclic amines) is 1. The zero-order chi connectivity index (χ0) is 15.3. The van der Waals surface area contributed by atoms with E-state index >= 15 is 0 Å². The standard InChI is InChI=1S/C15H25N3O2S/c1-3-17-21(19,20)15-7-5-14(6-8-15)16-11-13-9-10-18(4-2)12-13/h5-8,13,16-17H,3-4,9-12H2,1-2H3. The van der Waals surface area contributed by atoms with Crippen LogP contribution in [0, 0.1) is 5.92 Å². The van der Waals surface area contributed by atoms with Gasteiger partial charge in [0.2, 0.25) is 10.0 Å². The van der Waals surface area contributed by atoms with Gasteiger partial charge >= 0.3 is 0 Å². The Hall–Kier alpha value is -1.11. The van der Waals surface area contributed by atoms with Crippen LogP contribution in [0.4, 0.5) is 5.69 Å². The second-order valence-electron chi connectivity index (χ2n) is 5.45. The number of nitrogens with one attached hydrogen (secondary N) is 2. The zero-order valence-electron chi connectivity index (χ0n) is 12.8. The van der Waals surface area contributed by atoms with Crippen molar-refractivity contribution in [3.8, 4) is 0 Å². The number of anilines is 1. The minimum Gasteiger partial charge on any atom is -0.385 e. The summed E-state index contributed by atoms with van der Waals surface area (Å²) < 4.78 is 26.2. The number of nitrogens with zero attached hydrogens (tertiary/aromatic N) is 1. The molecule has 1 saturated heterocycles. The van der Waals surface area contributed by atoms with Crippen molar-refractivity contribution in [2.45, 2.75) is 25.2 Å².